The Kier molecular flexibility index (Phi) is 6.68. The van der Waals surface area contributed by atoms with E-state index in [-0.39, 0.29) is 16.7 Å². The third kappa shape index (κ3) is 4.95. The van der Waals surface area contributed by atoms with Gasteiger partial charge in [0.2, 0.25) is 10.0 Å². The van der Waals surface area contributed by atoms with Gasteiger partial charge in [-0.15, -0.1) is 0 Å². The molecule has 9 nitrogen and oxygen atoms in total. The summed E-state index contributed by atoms with van der Waals surface area (Å²) in [7, 11) is -3.80. The molecule has 1 aliphatic heterocycles. The van der Waals surface area contributed by atoms with Gasteiger partial charge in [0.25, 0.3) is 5.91 Å². The summed E-state index contributed by atoms with van der Waals surface area (Å²) in [6.07, 6.45) is 1.53. The fourth-order valence-corrected chi connectivity index (χ4v) is 4.79. The summed E-state index contributed by atoms with van der Waals surface area (Å²) in [5, 5.41) is 14.2. The van der Waals surface area contributed by atoms with Gasteiger partial charge in [-0.05, 0) is 37.5 Å². The molecule has 1 amide bonds. The predicted molar refractivity (Wildman–Crippen MR) is 110 cm³/mol. The summed E-state index contributed by atoms with van der Waals surface area (Å²) in [6, 6.07) is 12.5. The van der Waals surface area contributed by atoms with Crippen molar-refractivity contribution in [2.75, 3.05) is 19.7 Å². The maximum atomic E-state index is 12.6. The minimum Gasteiger partial charge on any atom is -0.477 e. The molecule has 1 aliphatic rings. The first-order valence-electron chi connectivity index (χ1n) is 9.55. The third-order valence-corrected chi connectivity index (χ3v) is 6.76. The second-order valence-corrected chi connectivity index (χ2v) is 8.92. The number of amides is 1. The Labute approximate surface area is 174 Å². The van der Waals surface area contributed by atoms with Gasteiger partial charge in [0.1, 0.15) is 0 Å². The van der Waals surface area contributed by atoms with Gasteiger partial charge in [-0.2, -0.15) is 4.31 Å². The van der Waals surface area contributed by atoms with Crippen molar-refractivity contribution >= 4 is 21.6 Å². The van der Waals surface area contributed by atoms with Crippen LogP contribution in [0.25, 0.3) is 0 Å². The monoisotopic (exact) mass is 433 g/mol. The van der Waals surface area contributed by atoms with Crippen molar-refractivity contribution in [2.45, 2.75) is 30.7 Å². The summed E-state index contributed by atoms with van der Waals surface area (Å²) in [4.78, 5) is 22.7. The van der Waals surface area contributed by atoms with E-state index >= 15 is 0 Å². The number of carbonyl (C=O) groups is 1. The number of carbonyl (C=O) groups excluding carboxylic acids is 1. The van der Waals surface area contributed by atoms with Crippen LogP contribution in [0, 0.1) is 10.1 Å². The van der Waals surface area contributed by atoms with Crippen LogP contribution in [0.3, 0.4) is 0 Å². The second kappa shape index (κ2) is 9.23. The van der Waals surface area contributed by atoms with E-state index < -0.39 is 33.1 Å². The normalized spacial score (nSPS) is 15.5. The van der Waals surface area contributed by atoms with Crippen LogP contribution in [-0.4, -0.2) is 43.2 Å². The molecule has 160 valence electrons. The molecular weight excluding hydrogens is 410 g/mol. The van der Waals surface area contributed by atoms with Crippen LogP contribution in [0.1, 0.15) is 31.4 Å². The van der Waals surface area contributed by atoms with Crippen LogP contribution in [0.15, 0.2) is 53.4 Å². The summed E-state index contributed by atoms with van der Waals surface area (Å²) < 4.78 is 31.9. The fourth-order valence-electron chi connectivity index (χ4n) is 3.25. The van der Waals surface area contributed by atoms with Crippen molar-refractivity contribution in [3.63, 3.8) is 0 Å². The number of hydrogen-bond donors (Lipinski definition) is 1. The number of nitrogens with one attached hydrogen (secondary N) is 1. The third-order valence-electron chi connectivity index (χ3n) is 4.87. The molecule has 30 heavy (non-hydrogen) atoms. The minimum absolute atomic E-state index is 0.161. The van der Waals surface area contributed by atoms with Gasteiger partial charge in [-0.3, -0.25) is 14.9 Å². The highest BCUT2D eigenvalue weighted by molar-refractivity contribution is 7.89. The number of hydrogen-bond acceptors (Lipinski definition) is 6. The lowest BCUT2D eigenvalue weighted by Crippen LogP contribution is -2.31. The van der Waals surface area contributed by atoms with Crippen molar-refractivity contribution in [1.82, 2.24) is 9.62 Å². The van der Waals surface area contributed by atoms with Crippen LogP contribution in [0.4, 0.5) is 5.69 Å². The first kappa shape index (κ1) is 21.7. The van der Waals surface area contributed by atoms with Crippen molar-refractivity contribution in [3.05, 3.63) is 64.2 Å². The highest BCUT2D eigenvalue weighted by Crippen LogP contribution is 2.31. The SMILES string of the molecule is CC(NC(=O)COc1ccc(S(=O)(=O)N2CCCC2)cc1[N+](=O)[O-])c1ccccc1. The predicted octanol–water partition coefficient (Wildman–Crippen LogP) is 2.64. The van der Waals surface area contributed by atoms with Crippen LogP contribution >= 0.6 is 0 Å². The van der Waals surface area contributed by atoms with Crippen LogP contribution in [-0.2, 0) is 14.8 Å². The molecule has 1 unspecified atom stereocenters. The number of nitro benzene ring substituents is 1. The number of nitrogens with zero attached hydrogens (tertiary/aromatic N) is 2. The van der Waals surface area contributed by atoms with Gasteiger partial charge >= 0.3 is 5.69 Å². The number of ether oxygens (including phenoxy) is 1. The Balaban J connectivity index is 1.70. The molecule has 0 radical (unpaired) electrons. The van der Waals surface area contributed by atoms with E-state index in [0.717, 1.165) is 24.5 Å². The zero-order valence-corrected chi connectivity index (χ0v) is 17.3. The topological polar surface area (TPSA) is 119 Å². The molecule has 0 aromatic heterocycles. The van der Waals surface area contributed by atoms with Crippen molar-refractivity contribution in [2.24, 2.45) is 0 Å². The van der Waals surface area contributed by atoms with E-state index in [4.69, 9.17) is 4.74 Å². The van der Waals surface area contributed by atoms with E-state index in [1.54, 1.807) is 0 Å². The summed E-state index contributed by atoms with van der Waals surface area (Å²) in [6.45, 7) is 2.17. The van der Waals surface area contributed by atoms with E-state index in [1.165, 1.54) is 16.4 Å². The largest absolute Gasteiger partial charge is 0.477 e. The Morgan fingerprint density at radius 3 is 2.50 bits per heavy atom. The molecule has 0 aliphatic carbocycles. The molecule has 0 saturated carbocycles. The lowest BCUT2D eigenvalue weighted by molar-refractivity contribution is -0.386. The molecule has 2 aromatic rings. The van der Waals surface area contributed by atoms with Gasteiger partial charge in [0, 0.05) is 19.2 Å². The van der Waals surface area contributed by atoms with Gasteiger partial charge in [0.05, 0.1) is 15.9 Å². The standard InChI is InChI=1S/C20H23N3O6S/c1-15(16-7-3-2-4-8-16)21-20(24)14-29-19-10-9-17(13-18(19)23(25)26)30(27,28)22-11-5-6-12-22/h2-4,7-10,13,15H,5-6,11-12,14H2,1H3,(H,21,24). The molecule has 1 heterocycles. The smallest absolute Gasteiger partial charge is 0.312 e. The van der Waals surface area contributed by atoms with Crippen molar-refractivity contribution in [1.29, 1.82) is 0 Å². The maximum absolute atomic E-state index is 12.6. The lowest BCUT2D eigenvalue weighted by atomic mass is 10.1. The quantitative estimate of drug-likeness (QED) is 0.505. The molecule has 2 aromatic carbocycles. The highest BCUT2D eigenvalue weighted by atomic mass is 32.2. The van der Waals surface area contributed by atoms with Gasteiger partial charge in [-0.25, -0.2) is 8.42 Å². The summed E-state index contributed by atoms with van der Waals surface area (Å²) >= 11 is 0. The first-order valence-corrected chi connectivity index (χ1v) is 11.0. The van der Waals surface area contributed by atoms with E-state index in [2.05, 4.69) is 5.32 Å². The highest BCUT2D eigenvalue weighted by Gasteiger charge is 2.30. The number of nitro groups is 1. The van der Waals surface area contributed by atoms with Crippen LogP contribution in [0.2, 0.25) is 0 Å². The Hall–Kier alpha value is -2.98. The lowest BCUT2D eigenvalue weighted by Gasteiger charge is -2.16. The Morgan fingerprint density at radius 1 is 1.20 bits per heavy atom. The Bertz CT molecular complexity index is 1020. The Morgan fingerprint density at radius 2 is 1.87 bits per heavy atom. The molecular formula is C20H23N3O6S. The maximum Gasteiger partial charge on any atom is 0.312 e. The number of benzene rings is 2. The molecule has 10 heteroatoms. The zero-order chi connectivity index (χ0) is 21.7. The van der Waals surface area contributed by atoms with Crippen molar-refractivity contribution < 1.29 is 22.9 Å². The average molecular weight is 433 g/mol. The summed E-state index contributed by atoms with van der Waals surface area (Å²) in [5.74, 6) is -0.614. The number of sulfonamides is 1. The first-order chi connectivity index (χ1) is 14.3. The molecule has 1 N–H and O–H groups in total. The van der Waals surface area contributed by atoms with Crippen LogP contribution in [0.5, 0.6) is 5.75 Å². The minimum atomic E-state index is -3.80. The number of rotatable bonds is 8. The molecule has 1 fully saturated rings. The zero-order valence-electron chi connectivity index (χ0n) is 16.5. The molecule has 3 rings (SSSR count). The van der Waals surface area contributed by atoms with E-state index in [9.17, 15) is 23.3 Å². The van der Waals surface area contributed by atoms with E-state index in [1.807, 2.05) is 37.3 Å². The second-order valence-electron chi connectivity index (χ2n) is 6.99. The van der Waals surface area contributed by atoms with Gasteiger partial charge < -0.3 is 10.1 Å². The average Bonchev–Trinajstić information content (AvgIpc) is 3.28. The summed E-state index contributed by atoms with van der Waals surface area (Å²) in [5.41, 5.74) is 0.410. The van der Waals surface area contributed by atoms with Gasteiger partial charge in [0.15, 0.2) is 12.4 Å². The molecule has 0 spiro atoms. The molecule has 1 atom stereocenters. The van der Waals surface area contributed by atoms with Gasteiger partial charge in [-0.1, -0.05) is 30.3 Å². The molecule has 0 bridgehead atoms. The van der Waals surface area contributed by atoms with Crippen LogP contribution < -0.4 is 10.1 Å². The van der Waals surface area contributed by atoms with E-state index in [0.29, 0.717) is 13.1 Å². The fraction of sp³-hybridized carbons (Fsp3) is 0.350. The molecule has 1 saturated heterocycles. The van der Waals surface area contributed by atoms with Crippen molar-refractivity contribution in [3.8, 4) is 5.75 Å².